The quantitative estimate of drug-likeness (QED) is 0.340. The minimum absolute atomic E-state index is 0.177. The van der Waals surface area contributed by atoms with Gasteiger partial charge < -0.3 is 39.4 Å². The molecule has 6 atom stereocenters. The maximum atomic E-state index is 11.6. The number of rotatable bonds is 9. The fourth-order valence-corrected chi connectivity index (χ4v) is 2.18. The Morgan fingerprint density at radius 3 is 2.36 bits per heavy atom. The van der Waals surface area contributed by atoms with E-state index in [-0.39, 0.29) is 19.6 Å². The largest absolute Gasteiger partial charge is 0.462 e. The molecule has 0 aromatic heterocycles. The number of hydrogen-bond donors (Lipinski definition) is 4. The number of ether oxygens (including phenoxy) is 4. The Labute approximate surface area is 145 Å². The Hall–Kier alpha value is -1.30. The van der Waals surface area contributed by atoms with E-state index in [4.69, 9.17) is 24.1 Å². The first-order valence-corrected chi connectivity index (χ1v) is 8.05. The lowest BCUT2D eigenvalue weighted by molar-refractivity contribution is -0.305. The van der Waals surface area contributed by atoms with E-state index in [1.165, 1.54) is 6.92 Å². The van der Waals surface area contributed by atoms with Gasteiger partial charge in [0.15, 0.2) is 12.4 Å². The zero-order chi connectivity index (χ0) is 19.0. The van der Waals surface area contributed by atoms with Crippen LogP contribution in [0, 0.1) is 0 Å². The minimum atomic E-state index is -1.58. The number of aliphatic hydroxyl groups excluding tert-OH is 4. The molecule has 10 nitrogen and oxygen atoms in total. The van der Waals surface area contributed by atoms with E-state index in [2.05, 4.69) is 0 Å². The highest BCUT2D eigenvalue weighted by Crippen LogP contribution is 2.22. The van der Waals surface area contributed by atoms with E-state index in [1.807, 2.05) is 0 Å². The second-order valence-corrected chi connectivity index (χ2v) is 5.70. The van der Waals surface area contributed by atoms with E-state index < -0.39 is 55.4 Å². The molecule has 0 amide bonds. The number of aliphatic hydroxyl groups is 4. The van der Waals surface area contributed by atoms with Crippen LogP contribution in [0.25, 0.3) is 0 Å². The predicted octanol–water partition coefficient (Wildman–Crippen LogP) is -1.92. The fourth-order valence-electron chi connectivity index (χ4n) is 2.18. The zero-order valence-electron chi connectivity index (χ0n) is 14.2. The Bertz CT molecular complexity index is 427. The Balaban J connectivity index is 2.63. The molecule has 146 valence electrons. The van der Waals surface area contributed by atoms with Crippen molar-refractivity contribution in [3.63, 3.8) is 0 Å². The van der Waals surface area contributed by atoms with E-state index >= 15 is 0 Å². The molecule has 1 fully saturated rings. The first kappa shape index (κ1) is 21.7. The van der Waals surface area contributed by atoms with Gasteiger partial charge in [-0.2, -0.15) is 0 Å². The average Bonchev–Trinajstić information content (AvgIpc) is 2.56. The Kier molecular flexibility index (Phi) is 9.25. The van der Waals surface area contributed by atoms with Crippen molar-refractivity contribution in [2.75, 3.05) is 19.8 Å². The lowest BCUT2D eigenvalue weighted by Gasteiger charge is -2.39. The maximum absolute atomic E-state index is 11.6. The standard InChI is InChI=1S/C15H26O10/c1-3-4-11(18)24-9(6-22-8(2)17)7-23-15-14(21)13(20)12(19)10(5-16)25-15/h9-10,12-16,19-21H,3-7H2,1-2H3. The van der Waals surface area contributed by atoms with Gasteiger partial charge in [-0.3, -0.25) is 9.59 Å². The van der Waals surface area contributed by atoms with Gasteiger partial charge >= 0.3 is 11.9 Å². The molecule has 1 aliphatic rings. The highest BCUT2D eigenvalue weighted by Gasteiger charge is 2.44. The molecule has 1 aliphatic heterocycles. The van der Waals surface area contributed by atoms with Crippen LogP contribution in [0.2, 0.25) is 0 Å². The van der Waals surface area contributed by atoms with E-state index in [0.717, 1.165) is 0 Å². The number of esters is 2. The summed E-state index contributed by atoms with van der Waals surface area (Å²) in [7, 11) is 0. The van der Waals surface area contributed by atoms with Crippen LogP contribution in [0.5, 0.6) is 0 Å². The van der Waals surface area contributed by atoms with Crippen LogP contribution >= 0.6 is 0 Å². The van der Waals surface area contributed by atoms with Gasteiger partial charge in [0.2, 0.25) is 0 Å². The smallest absolute Gasteiger partial charge is 0.306 e. The van der Waals surface area contributed by atoms with Crippen LogP contribution < -0.4 is 0 Å². The van der Waals surface area contributed by atoms with Crippen molar-refractivity contribution in [2.45, 2.75) is 63.5 Å². The van der Waals surface area contributed by atoms with E-state index in [9.17, 15) is 24.9 Å². The first-order chi connectivity index (χ1) is 11.8. The van der Waals surface area contributed by atoms with Crippen molar-refractivity contribution >= 4 is 11.9 Å². The van der Waals surface area contributed by atoms with Crippen molar-refractivity contribution in [3.8, 4) is 0 Å². The van der Waals surface area contributed by atoms with Gasteiger partial charge in [0.25, 0.3) is 0 Å². The summed E-state index contributed by atoms with van der Waals surface area (Å²) in [5, 5.41) is 38.4. The van der Waals surface area contributed by atoms with Crippen LogP contribution in [-0.4, -0.2) is 89.0 Å². The lowest BCUT2D eigenvalue weighted by atomic mass is 9.99. The summed E-state index contributed by atoms with van der Waals surface area (Å²) in [6.07, 6.45) is -7.31. The molecule has 6 unspecified atom stereocenters. The van der Waals surface area contributed by atoms with Crippen LogP contribution in [0.3, 0.4) is 0 Å². The monoisotopic (exact) mass is 366 g/mol. The molecular formula is C15H26O10. The first-order valence-electron chi connectivity index (χ1n) is 8.05. The highest BCUT2D eigenvalue weighted by molar-refractivity contribution is 5.69. The summed E-state index contributed by atoms with van der Waals surface area (Å²) in [6.45, 7) is 1.87. The molecule has 0 aromatic rings. The summed E-state index contributed by atoms with van der Waals surface area (Å²) in [5.74, 6) is -1.07. The molecule has 25 heavy (non-hydrogen) atoms. The maximum Gasteiger partial charge on any atom is 0.306 e. The molecule has 0 aliphatic carbocycles. The predicted molar refractivity (Wildman–Crippen MR) is 81.1 cm³/mol. The Morgan fingerprint density at radius 2 is 1.80 bits per heavy atom. The third kappa shape index (κ3) is 6.84. The average molecular weight is 366 g/mol. The van der Waals surface area contributed by atoms with Crippen molar-refractivity contribution in [3.05, 3.63) is 0 Å². The van der Waals surface area contributed by atoms with Gasteiger partial charge in [0, 0.05) is 13.3 Å². The number of hydrogen-bond acceptors (Lipinski definition) is 10. The second kappa shape index (κ2) is 10.6. The minimum Gasteiger partial charge on any atom is -0.462 e. The third-order valence-corrected chi connectivity index (χ3v) is 3.52. The molecule has 0 bridgehead atoms. The number of carbonyl (C=O) groups excluding carboxylic acids is 2. The van der Waals surface area contributed by atoms with Crippen LogP contribution in [0.15, 0.2) is 0 Å². The van der Waals surface area contributed by atoms with E-state index in [0.29, 0.717) is 6.42 Å². The van der Waals surface area contributed by atoms with Crippen LogP contribution in [0.4, 0.5) is 0 Å². The van der Waals surface area contributed by atoms with Gasteiger partial charge in [0.1, 0.15) is 31.0 Å². The van der Waals surface area contributed by atoms with Gasteiger partial charge in [0.05, 0.1) is 13.2 Å². The molecule has 0 aromatic carbocycles. The fraction of sp³-hybridized carbons (Fsp3) is 0.867. The van der Waals surface area contributed by atoms with Gasteiger partial charge in [-0.15, -0.1) is 0 Å². The summed E-state index contributed by atoms with van der Waals surface area (Å²) in [6, 6.07) is 0. The van der Waals surface area contributed by atoms with Crippen LogP contribution in [-0.2, 0) is 28.5 Å². The number of carbonyl (C=O) groups is 2. The van der Waals surface area contributed by atoms with E-state index in [1.54, 1.807) is 6.92 Å². The van der Waals surface area contributed by atoms with Gasteiger partial charge in [-0.25, -0.2) is 0 Å². The summed E-state index contributed by atoms with van der Waals surface area (Å²) in [5.41, 5.74) is 0. The van der Waals surface area contributed by atoms with Crippen molar-refractivity contribution in [1.82, 2.24) is 0 Å². The van der Waals surface area contributed by atoms with Crippen LogP contribution in [0.1, 0.15) is 26.7 Å². The van der Waals surface area contributed by atoms with Gasteiger partial charge in [-0.1, -0.05) is 6.92 Å². The zero-order valence-corrected chi connectivity index (χ0v) is 14.2. The molecule has 0 spiro atoms. The molecule has 0 saturated carbocycles. The molecule has 0 radical (unpaired) electrons. The van der Waals surface area contributed by atoms with Gasteiger partial charge in [-0.05, 0) is 6.42 Å². The topological polar surface area (TPSA) is 152 Å². The summed E-state index contributed by atoms with van der Waals surface area (Å²) in [4.78, 5) is 22.5. The molecule has 10 heteroatoms. The molecule has 1 saturated heterocycles. The highest BCUT2D eigenvalue weighted by atomic mass is 16.7. The van der Waals surface area contributed by atoms with Crippen molar-refractivity contribution < 1.29 is 49.0 Å². The molecule has 1 heterocycles. The second-order valence-electron chi connectivity index (χ2n) is 5.70. The SMILES string of the molecule is CCCC(=O)OC(COC(C)=O)COC1OC(CO)C(O)C(O)C1O. The lowest BCUT2D eigenvalue weighted by Crippen LogP contribution is -2.59. The third-order valence-electron chi connectivity index (χ3n) is 3.52. The molecule has 4 N–H and O–H groups in total. The molecule has 1 rings (SSSR count). The Morgan fingerprint density at radius 1 is 1.12 bits per heavy atom. The summed E-state index contributed by atoms with van der Waals surface area (Å²) < 4.78 is 20.4. The normalized spacial score (nSPS) is 30.6. The van der Waals surface area contributed by atoms with Crippen molar-refractivity contribution in [2.24, 2.45) is 0 Å². The molecular weight excluding hydrogens is 340 g/mol. The van der Waals surface area contributed by atoms with Crippen molar-refractivity contribution in [1.29, 1.82) is 0 Å². The summed E-state index contributed by atoms with van der Waals surface area (Å²) >= 11 is 0.